The molecule has 0 radical (unpaired) electrons. The number of unbranched alkanes of at least 4 members (excludes halogenated alkanes) is 5. The van der Waals surface area contributed by atoms with Crippen LogP contribution in [0.3, 0.4) is 0 Å². The molecule has 0 aromatic rings. The maximum absolute atomic E-state index is 11.7. The fraction of sp³-hybridized carbons (Fsp3) is 0.929. The molecule has 17 heavy (non-hydrogen) atoms. The average Bonchev–Trinajstić information content (AvgIpc) is 2.38. The molecule has 1 heterocycles. The monoisotopic (exact) mass is 241 g/mol. The third kappa shape index (κ3) is 6.67. The van der Waals surface area contributed by atoms with Gasteiger partial charge < -0.3 is 10.1 Å². The topological polar surface area (TPSA) is 38.3 Å². The minimum Gasteiger partial charge on any atom is -0.465 e. The summed E-state index contributed by atoms with van der Waals surface area (Å²) >= 11 is 0. The van der Waals surface area contributed by atoms with E-state index in [1.165, 1.54) is 32.1 Å². The first-order chi connectivity index (χ1) is 8.34. The zero-order chi connectivity index (χ0) is 12.3. The zero-order valence-corrected chi connectivity index (χ0v) is 11.2. The number of esters is 1. The molecule has 0 atom stereocenters. The van der Waals surface area contributed by atoms with Crippen molar-refractivity contribution in [3.8, 4) is 0 Å². The van der Waals surface area contributed by atoms with Crippen molar-refractivity contribution in [1.82, 2.24) is 5.32 Å². The van der Waals surface area contributed by atoms with Crippen LogP contribution < -0.4 is 5.32 Å². The lowest BCUT2D eigenvalue weighted by Crippen LogP contribution is -2.32. The number of ether oxygens (including phenoxy) is 1. The summed E-state index contributed by atoms with van der Waals surface area (Å²) in [7, 11) is 0. The van der Waals surface area contributed by atoms with Crippen molar-refractivity contribution >= 4 is 5.97 Å². The quantitative estimate of drug-likeness (QED) is 0.524. The molecular weight excluding hydrogens is 214 g/mol. The predicted molar refractivity (Wildman–Crippen MR) is 69.9 cm³/mol. The number of piperidine rings is 1. The minimum absolute atomic E-state index is 0.0278. The van der Waals surface area contributed by atoms with Gasteiger partial charge in [0.25, 0.3) is 0 Å². The third-order valence-electron chi connectivity index (χ3n) is 3.41. The Bertz CT molecular complexity index is 200. The van der Waals surface area contributed by atoms with Crippen LogP contribution in [0.1, 0.15) is 58.3 Å². The summed E-state index contributed by atoms with van der Waals surface area (Å²) in [6.07, 6.45) is 9.31. The van der Waals surface area contributed by atoms with Crippen molar-refractivity contribution in [2.24, 2.45) is 5.92 Å². The summed E-state index contributed by atoms with van der Waals surface area (Å²) in [6, 6.07) is 0. The van der Waals surface area contributed by atoms with Crippen molar-refractivity contribution < 1.29 is 9.53 Å². The molecule has 0 aliphatic carbocycles. The average molecular weight is 241 g/mol. The van der Waals surface area contributed by atoms with Crippen molar-refractivity contribution in [2.45, 2.75) is 58.3 Å². The Balaban J connectivity index is 1.92. The highest BCUT2D eigenvalue weighted by atomic mass is 16.5. The van der Waals surface area contributed by atoms with E-state index in [-0.39, 0.29) is 11.9 Å². The fourth-order valence-corrected chi connectivity index (χ4v) is 2.23. The smallest absolute Gasteiger partial charge is 0.309 e. The molecule has 3 heteroatoms. The van der Waals surface area contributed by atoms with Crippen LogP contribution in [0, 0.1) is 5.92 Å². The van der Waals surface area contributed by atoms with E-state index in [2.05, 4.69) is 12.2 Å². The second-order valence-electron chi connectivity index (χ2n) is 4.96. The standard InChI is InChI=1S/C14H27NO2/c1-2-3-4-5-6-7-12-17-14(16)13-8-10-15-11-9-13/h13,15H,2-12H2,1H3. The molecule has 1 saturated heterocycles. The lowest BCUT2D eigenvalue weighted by molar-refractivity contribution is -0.149. The number of nitrogens with one attached hydrogen (secondary N) is 1. The van der Waals surface area contributed by atoms with Crippen molar-refractivity contribution in [2.75, 3.05) is 19.7 Å². The van der Waals surface area contributed by atoms with Crippen LogP contribution in [-0.2, 0) is 9.53 Å². The molecule has 3 nitrogen and oxygen atoms in total. The van der Waals surface area contributed by atoms with Crippen LogP contribution in [0.2, 0.25) is 0 Å². The van der Waals surface area contributed by atoms with E-state index < -0.39 is 0 Å². The molecule has 1 aliphatic rings. The summed E-state index contributed by atoms with van der Waals surface area (Å²) in [5.41, 5.74) is 0. The van der Waals surface area contributed by atoms with Crippen molar-refractivity contribution in [1.29, 1.82) is 0 Å². The highest BCUT2D eigenvalue weighted by Gasteiger charge is 2.21. The number of hydrogen-bond donors (Lipinski definition) is 1. The molecule has 0 aromatic heterocycles. The summed E-state index contributed by atoms with van der Waals surface area (Å²) in [5, 5.41) is 3.26. The van der Waals surface area contributed by atoms with Gasteiger partial charge in [0.15, 0.2) is 0 Å². The second-order valence-corrected chi connectivity index (χ2v) is 4.96. The summed E-state index contributed by atoms with van der Waals surface area (Å²) in [6.45, 7) is 4.75. The van der Waals surface area contributed by atoms with Crippen LogP contribution in [0.4, 0.5) is 0 Å². The molecule has 100 valence electrons. The van der Waals surface area contributed by atoms with Gasteiger partial charge >= 0.3 is 5.97 Å². The van der Waals surface area contributed by atoms with Gasteiger partial charge in [0.2, 0.25) is 0 Å². The number of carbonyl (C=O) groups excluding carboxylic acids is 1. The second kappa shape index (κ2) is 9.46. The molecule has 0 amide bonds. The van der Waals surface area contributed by atoms with Gasteiger partial charge in [-0.05, 0) is 32.4 Å². The minimum atomic E-state index is 0.0278. The van der Waals surface area contributed by atoms with Crippen LogP contribution in [0.5, 0.6) is 0 Å². The Kier molecular flexibility index (Phi) is 8.06. The SMILES string of the molecule is CCCCCCCCOC(=O)C1CCNCC1. The van der Waals surface area contributed by atoms with E-state index >= 15 is 0 Å². The van der Waals surface area contributed by atoms with Gasteiger partial charge in [0.1, 0.15) is 0 Å². The molecule has 0 saturated carbocycles. The van der Waals surface area contributed by atoms with E-state index in [9.17, 15) is 4.79 Å². The van der Waals surface area contributed by atoms with Gasteiger partial charge in [0.05, 0.1) is 12.5 Å². The maximum atomic E-state index is 11.7. The molecule has 0 aromatic carbocycles. The fourth-order valence-electron chi connectivity index (χ4n) is 2.23. The Morgan fingerprint density at radius 3 is 2.47 bits per heavy atom. The first kappa shape index (κ1) is 14.5. The summed E-state index contributed by atoms with van der Waals surface area (Å²) < 4.78 is 5.32. The number of hydrogen-bond acceptors (Lipinski definition) is 3. The molecular formula is C14H27NO2. The molecule has 1 aliphatic heterocycles. The van der Waals surface area contributed by atoms with Gasteiger partial charge in [-0.15, -0.1) is 0 Å². The lowest BCUT2D eigenvalue weighted by atomic mass is 9.98. The zero-order valence-electron chi connectivity index (χ0n) is 11.2. The van der Waals surface area contributed by atoms with Crippen molar-refractivity contribution in [3.05, 3.63) is 0 Å². The van der Waals surface area contributed by atoms with E-state index in [4.69, 9.17) is 4.74 Å². The maximum Gasteiger partial charge on any atom is 0.309 e. The predicted octanol–water partition coefficient (Wildman–Crippen LogP) is 2.89. The van der Waals surface area contributed by atoms with E-state index in [0.717, 1.165) is 32.4 Å². The molecule has 0 unspecified atom stereocenters. The first-order valence-corrected chi connectivity index (χ1v) is 7.22. The normalized spacial score (nSPS) is 17.0. The Hall–Kier alpha value is -0.570. The Morgan fingerprint density at radius 2 is 1.76 bits per heavy atom. The van der Waals surface area contributed by atoms with Crippen LogP contribution in [0.15, 0.2) is 0 Å². The van der Waals surface area contributed by atoms with E-state index in [1.54, 1.807) is 0 Å². The van der Waals surface area contributed by atoms with Crippen molar-refractivity contribution in [3.63, 3.8) is 0 Å². The molecule has 1 rings (SSSR count). The molecule has 0 bridgehead atoms. The van der Waals surface area contributed by atoms with E-state index in [1.807, 2.05) is 0 Å². The molecule has 0 spiro atoms. The Labute approximate surface area is 105 Å². The van der Waals surface area contributed by atoms with Crippen LogP contribution >= 0.6 is 0 Å². The third-order valence-corrected chi connectivity index (χ3v) is 3.41. The number of carbonyl (C=O) groups is 1. The van der Waals surface area contributed by atoms with Gasteiger partial charge in [-0.2, -0.15) is 0 Å². The van der Waals surface area contributed by atoms with E-state index in [0.29, 0.717) is 6.61 Å². The van der Waals surface area contributed by atoms with Gasteiger partial charge in [0, 0.05) is 0 Å². The highest BCUT2D eigenvalue weighted by molar-refractivity contribution is 5.72. The largest absolute Gasteiger partial charge is 0.465 e. The Morgan fingerprint density at radius 1 is 1.12 bits per heavy atom. The van der Waals surface area contributed by atoms with Crippen LogP contribution in [0.25, 0.3) is 0 Å². The summed E-state index contributed by atoms with van der Waals surface area (Å²) in [4.78, 5) is 11.7. The number of rotatable bonds is 8. The first-order valence-electron chi connectivity index (χ1n) is 7.22. The van der Waals surface area contributed by atoms with Gasteiger partial charge in [-0.1, -0.05) is 39.0 Å². The molecule has 1 N–H and O–H groups in total. The van der Waals surface area contributed by atoms with Gasteiger partial charge in [-0.3, -0.25) is 4.79 Å². The van der Waals surface area contributed by atoms with Gasteiger partial charge in [-0.25, -0.2) is 0 Å². The summed E-state index contributed by atoms with van der Waals surface area (Å²) in [5.74, 6) is 0.177. The molecule has 1 fully saturated rings. The van der Waals surface area contributed by atoms with Crippen LogP contribution in [-0.4, -0.2) is 25.7 Å². The lowest BCUT2D eigenvalue weighted by Gasteiger charge is -2.20. The highest BCUT2D eigenvalue weighted by Crippen LogP contribution is 2.13.